The van der Waals surface area contributed by atoms with Crippen molar-refractivity contribution in [2.45, 2.75) is 32.6 Å². The van der Waals surface area contributed by atoms with Gasteiger partial charge in [-0.1, -0.05) is 62.3 Å². The minimum absolute atomic E-state index is 0.426. The second-order valence-corrected chi connectivity index (χ2v) is 3.46. The summed E-state index contributed by atoms with van der Waals surface area (Å²) in [5.41, 5.74) is 4.92. The number of primary amides is 1. The topological polar surface area (TPSA) is 43.1 Å². The molecule has 0 aromatic rings. The van der Waals surface area contributed by atoms with Crippen molar-refractivity contribution in [3.63, 3.8) is 0 Å². The van der Waals surface area contributed by atoms with Gasteiger partial charge in [-0.3, -0.25) is 4.79 Å². The Kier molecular flexibility index (Phi) is 10.4. The molecule has 1 amide bonds. The number of hydrogen-bond donors (Lipinski definition) is 1. The van der Waals surface area contributed by atoms with Gasteiger partial charge in [0.25, 0.3) is 0 Å². The summed E-state index contributed by atoms with van der Waals surface area (Å²) in [6, 6.07) is 0. The van der Waals surface area contributed by atoms with Gasteiger partial charge in [0.05, 0.1) is 0 Å². The maximum Gasteiger partial charge on any atom is 0.241 e. The van der Waals surface area contributed by atoms with E-state index in [0.717, 1.165) is 6.42 Å². The lowest BCUT2D eigenvalue weighted by Crippen LogP contribution is -2.04. The fourth-order valence-electron chi connectivity index (χ4n) is 1.09. The number of hydrogen-bond acceptors (Lipinski definition) is 1. The minimum Gasteiger partial charge on any atom is -0.366 e. The predicted octanol–water partition coefficient (Wildman–Crippen LogP) is 3.28. The van der Waals surface area contributed by atoms with Crippen molar-refractivity contribution >= 4 is 5.91 Å². The van der Waals surface area contributed by atoms with E-state index in [0.29, 0.717) is 0 Å². The molecule has 0 aliphatic heterocycles. The Morgan fingerprint density at radius 1 is 1.00 bits per heavy atom. The number of rotatable bonds is 8. The molecule has 88 valence electrons. The van der Waals surface area contributed by atoms with Crippen molar-refractivity contribution in [3.05, 3.63) is 48.6 Å². The van der Waals surface area contributed by atoms with Crippen LogP contribution in [0.25, 0.3) is 0 Å². The van der Waals surface area contributed by atoms with Gasteiger partial charge < -0.3 is 5.73 Å². The van der Waals surface area contributed by atoms with Gasteiger partial charge in [0, 0.05) is 6.08 Å². The highest BCUT2D eigenvalue weighted by molar-refractivity contribution is 5.85. The van der Waals surface area contributed by atoms with E-state index in [2.05, 4.69) is 13.0 Å². The maximum atomic E-state index is 10.3. The third-order valence-corrected chi connectivity index (χ3v) is 1.93. The second kappa shape index (κ2) is 11.5. The largest absolute Gasteiger partial charge is 0.366 e. The van der Waals surface area contributed by atoms with Gasteiger partial charge in [-0.25, -0.2) is 0 Å². The summed E-state index contributed by atoms with van der Waals surface area (Å²) in [4.78, 5) is 10.3. The average Bonchev–Trinajstić information content (AvgIpc) is 2.25. The quantitative estimate of drug-likeness (QED) is 0.380. The molecule has 0 heterocycles. The predicted molar refractivity (Wildman–Crippen MR) is 69.9 cm³/mol. The summed E-state index contributed by atoms with van der Waals surface area (Å²) >= 11 is 0. The number of nitrogens with two attached hydrogens (primary N) is 1. The number of carbonyl (C=O) groups is 1. The Balaban J connectivity index is 3.57. The molecule has 0 bridgehead atoms. The first-order valence-electron chi connectivity index (χ1n) is 5.73. The van der Waals surface area contributed by atoms with E-state index in [-0.39, 0.29) is 0 Å². The highest BCUT2D eigenvalue weighted by Gasteiger charge is 1.79. The molecule has 0 aliphatic carbocycles. The lowest BCUT2D eigenvalue weighted by atomic mass is 10.2. The highest BCUT2D eigenvalue weighted by atomic mass is 16.1. The average molecular weight is 219 g/mol. The van der Waals surface area contributed by atoms with Crippen LogP contribution in [0.3, 0.4) is 0 Å². The smallest absolute Gasteiger partial charge is 0.241 e. The highest BCUT2D eigenvalue weighted by Crippen LogP contribution is 1.99. The van der Waals surface area contributed by atoms with Gasteiger partial charge in [0.15, 0.2) is 0 Å². The van der Waals surface area contributed by atoms with Crippen LogP contribution in [0.15, 0.2) is 48.6 Å². The SMILES string of the molecule is CCCCCC=CC=CC=CC=CC(N)=O. The number of allylic oxidation sites excluding steroid dienone is 7. The number of unbranched alkanes of at least 4 members (excludes halogenated alkanes) is 3. The summed E-state index contributed by atoms with van der Waals surface area (Å²) in [5.74, 6) is -0.426. The Morgan fingerprint density at radius 2 is 1.62 bits per heavy atom. The third-order valence-electron chi connectivity index (χ3n) is 1.93. The van der Waals surface area contributed by atoms with Crippen LogP contribution in [0.2, 0.25) is 0 Å². The van der Waals surface area contributed by atoms with E-state index in [4.69, 9.17) is 5.73 Å². The molecule has 0 aromatic carbocycles. The summed E-state index contributed by atoms with van der Waals surface area (Å²) < 4.78 is 0. The van der Waals surface area contributed by atoms with E-state index in [9.17, 15) is 4.79 Å². The molecule has 2 heteroatoms. The fraction of sp³-hybridized carbons (Fsp3) is 0.357. The van der Waals surface area contributed by atoms with Crippen LogP contribution >= 0.6 is 0 Å². The van der Waals surface area contributed by atoms with Crippen LogP contribution in [0.1, 0.15) is 32.6 Å². The fourth-order valence-corrected chi connectivity index (χ4v) is 1.09. The van der Waals surface area contributed by atoms with Crippen molar-refractivity contribution in [2.75, 3.05) is 0 Å². The Labute approximate surface area is 98.2 Å². The molecule has 0 saturated carbocycles. The first kappa shape index (κ1) is 14.4. The molecule has 0 spiro atoms. The van der Waals surface area contributed by atoms with Crippen LogP contribution in [-0.4, -0.2) is 5.91 Å². The number of amides is 1. The molecular weight excluding hydrogens is 198 g/mol. The van der Waals surface area contributed by atoms with Gasteiger partial charge >= 0.3 is 0 Å². The first-order chi connectivity index (χ1) is 7.77. The van der Waals surface area contributed by atoms with Crippen LogP contribution in [0.5, 0.6) is 0 Å². The maximum absolute atomic E-state index is 10.3. The first-order valence-corrected chi connectivity index (χ1v) is 5.73. The van der Waals surface area contributed by atoms with Gasteiger partial charge in [0.1, 0.15) is 0 Å². The van der Waals surface area contributed by atoms with Gasteiger partial charge in [0.2, 0.25) is 5.91 Å². The van der Waals surface area contributed by atoms with Gasteiger partial charge in [-0.05, 0) is 12.8 Å². The molecule has 0 radical (unpaired) electrons. The summed E-state index contributed by atoms with van der Waals surface area (Å²) in [7, 11) is 0. The van der Waals surface area contributed by atoms with E-state index >= 15 is 0 Å². The van der Waals surface area contributed by atoms with Crippen molar-refractivity contribution in [3.8, 4) is 0 Å². The molecule has 0 saturated heterocycles. The zero-order chi connectivity index (χ0) is 12.1. The molecule has 0 rings (SSSR count). The lowest BCUT2D eigenvalue weighted by Gasteiger charge is -1.89. The monoisotopic (exact) mass is 219 g/mol. The normalized spacial score (nSPS) is 12.6. The Hall–Kier alpha value is -1.57. The van der Waals surface area contributed by atoms with Crippen LogP contribution in [-0.2, 0) is 4.79 Å². The summed E-state index contributed by atoms with van der Waals surface area (Å²) in [5, 5.41) is 0. The van der Waals surface area contributed by atoms with E-state index < -0.39 is 5.91 Å². The van der Waals surface area contributed by atoms with Gasteiger partial charge in [-0.15, -0.1) is 0 Å². The molecule has 0 aromatic heterocycles. The van der Waals surface area contributed by atoms with Crippen molar-refractivity contribution in [2.24, 2.45) is 5.73 Å². The molecule has 2 nitrogen and oxygen atoms in total. The Morgan fingerprint density at radius 3 is 2.25 bits per heavy atom. The van der Waals surface area contributed by atoms with Crippen molar-refractivity contribution < 1.29 is 4.79 Å². The van der Waals surface area contributed by atoms with Gasteiger partial charge in [-0.2, -0.15) is 0 Å². The Bertz CT molecular complexity index is 285. The summed E-state index contributed by atoms with van der Waals surface area (Å²) in [6.07, 6.45) is 19.6. The zero-order valence-corrected chi connectivity index (χ0v) is 9.93. The van der Waals surface area contributed by atoms with Crippen molar-refractivity contribution in [1.82, 2.24) is 0 Å². The molecule has 2 N–H and O–H groups in total. The van der Waals surface area contributed by atoms with Crippen molar-refractivity contribution in [1.29, 1.82) is 0 Å². The second-order valence-electron chi connectivity index (χ2n) is 3.46. The lowest BCUT2D eigenvalue weighted by molar-refractivity contribution is -0.113. The van der Waals surface area contributed by atoms with E-state index in [1.165, 1.54) is 25.3 Å². The van der Waals surface area contributed by atoms with E-state index in [1.807, 2.05) is 24.3 Å². The van der Waals surface area contributed by atoms with E-state index in [1.54, 1.807) is 12.2 Å². The molecule has 0 atom stereocenters. The molecular formula is C14H21NO. The third kappa shape index (κ3) is 12.4. The zero-order valence-electron chi connectivity index (χ0n) is 9.93. The summed E-state index contributed by atoms with van der Waals surface area (Å²) in [6.45, 7) is 2.20. The minimum atomic E-state index is -0.426. The van der Waals surface area contributed by atoms with Crippen LogP contribution < -0.4 is 5.73 Å². The molecule has 0 unspecified atom stereocenters. The number of carbonyl (C=O) groups excluding carboxylic acids is 1. The van der Waals surface area contributed by atoms with Crippen LogP contribution in [0, 0.1) is 0 Å². The molecule has 0 aliphatic rings. The standard InChI is InChI=1S/C14H21NO/c1-2-3-4-5-6-7-8-9-10-11-12-13-14(15)16/h6-13H,2-5H2,1H3,(H2,15,16). The molecule has 0 fully saturated rings. The van der Waals surface area contributed by atoms with Crippen LogP contribution in [0.4, 0.5) is 0 Å². The molecule has 16 heavy (non-hydrogen) atoms.